The van der Waals surface area contributed by atoms with E-state index in [-0.39, 0.29) is 11.7 Å². The average molecular weight is 329 g/mol. The van der Waals surface area contributed by atoms with E-state index in [4.69, 9.17) is 4.74 Å². The van der Waals surface area contributed by atoms with E-state index in [0.717, 1.165) is 22.4 Å². The van der Waals surface area contributed by atoms with Gasteiger partial charge < -0.3 is 15.2 Å². The third-order valence-corrected chi connectivity index (χ3v) is 3.50. The van der Waals surface area contributed by atoms with Crippen molar-refractivity contribution in [3.63, 3.8) is 0 Å². The van der Waals surface area contributed by atoms with Crippen LogP contribution in [-0.4, -0.2) is 18.1 Å². The van der Waals surface area contributed by atoms with E-state index in [1.807, 2.05) is 39.8 Å². The first kappa shape index (κ1) is 19.6. The molecule has 0 fully saturated rings. The molecule has 1 amide bonds. The Bertz CT molecular complexity index is 640. The van der Waals surface area contributed by atoms with Crippen LogP contribution in [-0.2, 0) is 11.2 Å². The summed E-state index contributed by atoms with van der Waals surface area (Å²) in [5.41, 5.74) is 3.18. The Morgan fingerprint density at radius 3 is 2.12 bits per heavy atom. The summed E-state index contributed by atoms with van der Waals surface area (Å²) in [6.45, 7) is 7.98. The zero-order chi connectivity index (χ0) is 18.1. The highest BCUT2D eigenvalue weighted by Crippen LogP contribution is 2.30. The van der Waals surface area contributed by atoms with Crippen LogP contribution in [0.25, 0.3) is 0 Å². The van der Waals surface area contributed by atoms with Gasteiger partial charge in [0.25, 0.3) is 0 Å². The van der Waals surface area contributed by atoms with Crippen molar-refractivity contribution in [2.45, 2.75) is 40.5 Å². The first-order valence-corrected chi connectivity index (χ1v) is 8.27. The van der Waals surface area contributed by atoms with Crippen LogP contribution in [0.2, 0.25) is 0 Å². The van der Waals surface area contributed by atoms with Gasteiger partial charge in [-0.2, -0.15) is 0 Å². The van der Waals surface area contributed by atoms with Crippen LogP contribution in [0.5, 0.6) is 17.2 Å². The van der Waals surface area contributed by atoms with Gasteiger partial charge in [-0.3, -0.25) is 4.79 Å². The number of rotatable bonds is 5. The molecule has 4 nitrogen and oxygen atoms in total. The molecule has 2 aromatic rings. The number of aromatic hydroxyl groups is 1. The van der Waals surface area contributed by atoms with E-state index in [1.54, 1.807) is 31.3 Å². The van der Waals surface area contributed by atoms with Gasteiger partial charge in [-0.25, -0.2) is 0 Å². The minimum atomic E-state index is 0.0414. The minimum Gasteiger partial charge on any atom is -0.508 e. The maximum atomic E-state index is 11.3. The number of phenolic OH excluding ortho intramolecular Hbond substituents is 1. The third kappa shape index (κ3) is 5.61. The van der Waals surface area contributed by atoms with Crippen molar-refractivity contribution in [2.75, 3.05) is 7.05 Å². The van der Waals surface area contributed by atoms with Crippen LogP contribution in [0.1, 0.15) is 37.0 Å². The lowest BCUT2D eigenvalue weighted by molar-refractivity contribution is -0.120. The monoisotopic (exact) mass is 329 g/mol. The second-order valence-corrected chi connectivity index (χ2v) is 5.33. The molecule has 130 valence electrons. The predicted octanol–water partition coefficient (Wildman–Crippen LogP) is 4.51. The molecule has 0 radical (unpaired) electrons. The second kappa shape index (κ2) is 9.60. The molecular formula is C20H27NO3. The SMILES string of the molecule is CC.CNC(=O)CCc1cc(C)c(Oc2ccc(O)cc2)c(C)c1. The van der Waals surface area contributed by atoms with Gasteiger partial charge in [0.2, 0.25) is 5.91 Å². The summed E-state index contributed by atoms with van der Waals surface area (Å²) in [6, 6.07) is 10.7. The Balaban J connectivity index is 0.00000139. The fraction of sp³-hybridized carbons (Fsp3) is 0.350. The van der Waals surface area contributed by atoms with Crippen LogP contribution in [0.4, 0.5) is 0 Å². The van der Waals surface area contributed by atoms with E-state index < -0.39 is 0 Å². The largest absolute Gasteiger partial charge is 0.508 e. The van der Waals surface area contributed by atoms with Gasteiger partial charge in [0.1, 0.15) is 17.2 Å². The number of nitrogens with one attached hydrogen (secondary N) is 1. The van der Waals surface area contributed by atoms with E-state index >= 15 is 0 Å². The fourth-order valence-electron chi connectivity index (χ4n) is 2.36. The van der Waals surface area contributed by atoms with E-state index in [1.165, 1.54) is 0 Å². The molecule has 0 aliphatic heterocycles. The summed E-state index contributed by atoms with van der Waals surface area (Å²) in [5.74, 6) is 1.75. The lowest BCUT2D eigenvalue weighted by Crippen LogP contribution is -2.17. The normalized spacial score (nSPS) is 9.71. The summed E-state index contributed by atoms with van der Waals surface area (Å²) < 4.78 is 5.91. The van der Waals surface area contributed by atoms with Crippen LogP contribution in [0.3, 0.4) is 0 Å². The Labute approximate surface area is 144 Å². The molecule has 0 atom stereocenters. The molecule has 0 aliphatic rings. The van der Waals surface area contributed by atoms with Crippen molar-refractivity contribution in [2.24, 2.45) is 0 Å². The smallest absolute Gasteiger partial charge is 0.220 e. The van der Waals surface area contributed by atoms with Gasteiger partial charge in [-0.1, -0.05) is 26.0 Å². The molecule has 0 unspecified atom stereocenters. The topological polar surface area (TPSA) is 58.6 Å². The summed E-state index contributed by atoms with van der Waals surface area (Å²) in [4.78, 5) is 11.3. The van der Waals surface area contributed by atoms with Gasteiger partial charge >= 0.3 is 0 Å². The van der Waals surface area contributed by atoms with Gasteiger partial charge in [0.15, 0.2) is 0 Å². The van der Waals surface area contributed by atoms with Crippen molar-refractivity contribution in [3.05, 3.63) is 53.1 Å². The quantitative estimate of drug-likeness (QED) is 0.849. The number of ether oxygens (including phenoxy) is 1. The zero-order valence-electron chi connectivity index (χ0n) is 15.1. The van der Waals surface area contributed by atoms with E-state index in [2.05, 4.69) is 5.32 Å². The minimum absolute atomic E-state index is 0.0414. The van der Waals surface area contributed by atoms with Crippen LogP contribution in [0.15, 0.2) is 36.4 Å². The standard InChI is InChI=1S/C18H21NO3.C2H6/c1-12-10-14(4-9-17(21)19-3)11-13(2)18(12)22-16-7-5-15(20)6-8-16;1-2/h5-8,10-11,20H,4,9H2,1-3H3,(H,19,21);1-2H3. The molecule has 24 heavy (non-hydrogen) atoms. The van der Waals surface area contributed by atoms with Gasteiger partial charge in [0, 0.05) is 13.5 Å². The number of hydrogen-bond acceptors (Lipinski definition) is 3. The van der Waals surface area contributed by atoms with Crippen LogP contribution < -0.4 is 10.1 Å². The molecular weight excluding hydrogens is 302 g/mol. The Hall–Kier alpha value is -2.49. The molecule has 2 rings (SSSR count). The summed E-state index contributed by atoms with van der Waals surface area (Å²) in [5, 5.41) is 11.9. The molecule has 2 N–H and O–H groups in total. The van der Waals surface area contributed by atoms with E-state index in [9.17, 15) is 9.90 Å². The zero-order valence-corrected chi connectivity index (χ0v) is 15.1. The predicted molar refractivity (Wildman–Crippen MR) is 97.8 cm³/mol. The molecule has 0 saturated heterocycles. The molecule has 0 bridgehead atoms. The number of amides is 1. The van der Waals surface area contributed by atoms with Gasteiger partial charge in [-0.15, -0.1) is 0 Å². The lowest BCUT2D eigenvalue weighted by atomic mass is 10.0. The fourth-order valence-corrected chi connectivity index (χ4v) is 2.36. The first-order chi connectivity index (χ1) is 11.5. The van der Waals surface area contributed by atoms with Gasteiger partial charge in [-0.05, 0) is 61.2 Å². The number of phenols is 1. The summed E-state index contributed by atoms with van der Waals surface area (Å²) in [7, 11) is 1.65. The molecule has 0 spiro atoms. The summed E-state index contributed by atoms with van der Waals surface area (Å²) >= 11 is 0. The number of hydrogen-bond donors (Lipinski definition) is 2. The highest BCUT2D eigenvalue weighted by molar-refractivity contribution is 5.75. The third-order valence-electron chi connectivity index (χ3n) is 3.50. The van der Waals surface area contributed by atoms with Crippen molar-refractivity contribution in [1.29, 1.82) is 0 Å². The molecule has 0 heterocycles. The maximum absolute atomic E-state index is 11.3. The average Bonchev–Trinajstić information content (AvgIpc) is 2.59. The first-order valence-electron chi connectivity index (χ1n) is 8.27. The van der Waals surface area contributed by atoms with Crippen molar-refractivity contribution in [3.8, 4) is 17.2 Å². The lowest BCUT2D eigenvalue weighted by Gasteiger charge is -2.14. The number of aryl methyl sites for hydroxylation is 3. The Morgan fingerprint density at radius 2 is 1.62 bits per heavy atom. The highest BCUT2D eigenvalue weighted by Gasteiger charge is 2.09. The number of carbonyl (C=O) groups excluding carboxylic acids is 1. The van der Waals surface area contributed by atoms with Crippen molar-refractivity contribution >= 4 is 5.91 Å². The van der Waals surface area contributed by atoms with Crippen molar-refractivity contribution < 1.29 is 14.6 Å². The maximum Gasteiger partial charge on any atom is 0.220 e. The highest BCUT2D eigenvalue weighted by atomic mass is 16.5. The molecule has 4 heteroatoms. The molecule has 0 aromatic heterocycles. The molecule has 0 aliphatic carbocycles. The Morgan fingerprint density at radius 1 is 1.08 bits per heavy atom. The second-order valence-electron chi connectivity index (χ2n) is 5.33. The number of carbonyl (C=O) groups is 1. The van der Waals surface area contributed by atoms with E-state index in [0.29, 0.717) is 18.6 Å². The Kier molecular flexibility index (Phi) is 7.83. The molecule has 0 saturated carbocycles. The van der Waals surface area contributed by atoms with Gasteiger partial charge in [0.05, 0.1) is 0 Å². The molecule has 2 aromatic carbocycles. The van der Waals surface area contributed by atoms with Crippen LogP contribution in [0, 0.1) is 13.8 Å². The number of benzene rings is 2. The summed E-state index contributed by atoms with van der Waals surface area (Å²) in [6.07, 6.45) is 1.19. The van der Waals surface area contributed by atoms with Crippen LogP contribution >= 0.6 is 0 Å². The van der Waals surface area contributed by atoms with Crippen molar-refractivity contribution in [1.82, 2.24) is 5.32 Å².